The van der Waals surface area contributed by atoms with Crippen LogP contribution in [0.4, 0.5) is 0 Å². The average molecular weight is 466 g/mol. The van der Waals surface area contributed by atoms with Crippen molar-refractivity contribution in [2.45, 2.75) is 25.8 Å². The first-order valence-electron chi connectivity index (χ1n) is 11.8. The molecule has 2 aliphatic heterocycles. The molecule has 0 aliphatic carbocycles. The predicted octanol–water partition coefficient (Wildman–Crippen LogP) is 3.01. The van der Waals surface area contributed by atoms with Gasteiger partial charge in [0.1, 0.15) is 11.5 Å². The molecule has 8 heteroatoms. The first kappa shape index (κ1) is 23.9. The fourth-order valence-corrected chi connectivity index (χ4v) is 4.41. The number of morpholine rings is 1. The molecule has 4 rings (SSSR count). The fourth-order valence-electron chi connectivity index (χ4n) is 4.41. The SMILES string of the molecule is CCCOc1cccc(C2C(=C(O)c3ccncc3)C(=O)C(=O)N2CCCN2CCOCC2)c1. The van der Waals surface area contributed by atoms with E-state index in [9.17, 15) is 14.7 Å². The summed E-state index contributed by atoms with van der Waals surface area (Å²) in [5.41, 5.74) is 1.27. The van der Waals surface area contributed by atoms with E-state index in [4.69, 9.17) is 9.47 Å². The van der Waals surface area contributed by atoms with E-state index < -0.39 is 17.7 Å². The molecule has 34 heavy (non-hydrogen) atoms. The van der Waals surface area contributed by atoms with Crippen LogP contribution in [0, 0.1) is 0 Å². The van der Waals surface area contributed by atoms with E-state index >= 15 is 0 Å². The Balaban J connectivity index is 1.66. The van der Waals surface area contributed by atoms with Crippen molar-refractivity contribution in [1.82, 2.24) is 14.8 Å². The lowest BCUT2D eigenvalue weighted by molar-refractivity contribution is -0.140. The van der Waals surface area contributed by atoms with Crippen LogP contribution in [0.2, 0.25) is 0 Å². The Morgan fingerprint density at radius 1 is 1.15 bits per heavy atom. The standard InChI is InChI=1S/C26H31N3O5/c1-2-15-34-21-6-3-5-20(18-21)23-22(24(30)19-7-9-27-10-8-19)25(31)26(32)29(23)12-4-11-28-13-16-33-17-14-28/h3,5-10,18,23,30H,2,4,11-17H2,1H3. The van der Waals surface area contributed by atoms with Gasteiger partial charge in [-0.05, 0) is 42.7 Å². The van der Waals surface area contributed by atoms with Crippen molar-refractivity contribution in [2.24, 2.45) is 0 Å². The van der Waals surface area contributed by atoms with E-state index in [-0.39, 0.29) is 11.3 Å². The lowest BCUT2D eigenvalue weighted by Crippen LogP contribution is -2.38. The summed E-state index contributed by atoms with van der Waals surface area (Å²) in [5, 5.41) is 11.1. The van der Waals surface area contributed by atoms with Gasteiger partial charge < -0.3 is 19.5 Å². The van der Waals surface area contributed by atoms with Crippen molar-refractivity contribution in [3.8, 4) is 5.75 Å². The Hall–Kier alpha value is -3.23. The third kappa shape index (κ3) is 5.29. The Morgan fingerprint density at radius 2 is 1.91 bits per heavy atom. The van der Waals surface area contributed by atoms with E-state index in [1.807, 2.05) is 31.2 Å². The number of carbonyl (C=O) groups is 2. The van der Waals surface area contributed by atoms with Gasteiger partial charge in [-0.2, -0.15) is 0 Å². The topological polar surface area (TPSA) is 92.2 Å². The number of hydrogen-bond donors (Lipinski definition) is 1. The predicted molar refractivity (Wildman–Crippen MR) is 127 cm³/mol. The highest BCUT2D eigenvalue weighted by Crippen LogP contribution is 2.40. The maximum Gasteiger partial charge on any atom is 0.295 e. The van der Waals surface area contributed by atoms with Gasteiger partial charge >= 0.3 is 0 Å². The summed E-state index contributed by atoms with van der Waals surface area (Å²) in [7, 11) is 0. The second kappa shape index (κ2) is 11.3. The Bertz CT molecular complexity index is 1030. The summed E-state index contributed by atoms with van der Waals surface area (Å²) in [6.07, 6.45) is 4.67. The van der Waals surface area contributed by atoms with E-state index in [0.717, 1.165) is 31.6 Å². The number of Topliss-reactive ketones (excluding diaryl/α,β-unsaturated/α-hetero) is 1. The summed E-state index contributed by atoms with van der Waals surface area (Å²) in [6.45, 7) is 6.95. The van der Waals surface area contributed by atoms with Crippen molar-refractivity contribution in [3.05, 3.63) is 65.5 Å². The quantitative estimate of drug-likeness (QED) is 0.346. The highest BCUT2D eigenvalue weighted by molar-refractivity contribution is 6.46. The molecule has 1 aromatic carbocycles. The Labute approximate surface area is 199 Å². The number of carbonyl (C=O) groups excluding carboxylic acids is 2. The lowest BCUT2D eigenvalue weighted by Gasteiger charge is -2.29. The molecule has 0 radical (unpaired) electrons. The number of ketones is 1. The van der Waals surface area contributed by atoms with Gasteiger partial charge in [0, 0.05) is 44.1 Å². The molecule has 0 spiro atoms. The average Bonchev–Trinajstić information content (AvgIpc) is 3.13. The second-order valence-corrected chi connectivity index (χ2v) is 8.46. The normalized spacial score (nSPS) is 20.6. The van der Waals surface area contributed by atoms with Crippen molar-refractivity contribution in [1.29, 1.82) is 0 Å². The molecule has 1 atom stereocenters. The van der Waals surface area contributed by atoms with Gasteiger partial charge in [-0.25, -0.2) is 0 Å². The highest BCUT2D eigenvalue weighted by Gasteiger charge is 2.45. The molecule has 3 heterocycles. The molecule has 1 aromatic heterocycles. The number of aliphatic hydroxyl groups excluding tert-OH is 1. The van der Waals surface area contributed by atoms with Gasteiger partial charge in [-0.3, -0.25) is 19.5 Å². The molecule has 0 saturated carbocycles. The monoisotopic (exact) mass is 465 g/mol. The first-order valence-corrected chi connectivity index (χ1v) is 11.8. The summed E-state index contributed by atoms with van der Waals surface area (Å²) in [5.74, 6) is -0.795. The van der Waals surface area contributed by atoms with Crippen LogP contribution >= 0.6 is 0 Å². The molecular formula is C26H31N3O5. The van der Waals surface area contributed by atoms with Crippen LogP contribution in [0.3, 0.4) is 0 Å². The number of aliphatic hydroxyl groups is 1. The Morgan fingerprint density at radius 3 is 2.65 bits per heavy atom. The fraction of sp³-hybridized carbons (Fsp3) is 0.423. The number of nitrogens with zero attached hydrogens (tertiary/aromatic N) is 3. The van der Waals surface area contributed by atoms with E-state index in [2.05, 4.69) is 9.88 Å². The Kier molecular flexibility index (Phi) is 7.92. The van der Waals surface area contributed by atoms with E-state index in [1.165, 1.54) is 0 Å². The molecule has 1 amide bonds. The summed E-state index contributed by atoms with van der Waals surface area (Å²) in [4.78, 5) is 34.1. The first-order chi connectivity index (χ1) is 16.6. The smallest absolute Gasteiger partial charge is 0.295 e. The van der Waals surface area contributed by atoms with Gasteiger partial charge in [0.25, 0.3) is 11.7 Å². The molecule has 1 N–H and O–H groups in total. The van der Waals surface area contributed by atoms with Crippen molar-refractivity contribution >= 4 is 17.4 Å². The maximum absolute atomic E-state index is 13.2. The molecular weight excluding hydrogens is 434 g/mol. The lowest BCUT2D eigenvalue weighted by atomic mass is 9.95. The third-order valence-electron chi connectivity index (χ3n) is 6.12. The number of amides is 1. The van der Waals surface area contributed by atoms with Crippen molar-refractivity contribution in [3.63, 3.8) is 0 Å². The summed E-state index contributed by atoms with van der Waals surface area (Å²) in [6, 6.07) is 9.97. The molecule has 2 fully saturated rings. The maximum atomic E-state index is 13.2. The van der Waals surface area contributed by atoms with Crippen molar-refractivity contribution in [2.75, 3.05) is 46.0 Å². The van der Waals surface area contributed by atoms with Crippen LogP contribution in [0.15, 0.2) is 54.4 Å². The number of likely N-dealkylation sites (tertiary alicyclic amines) is 1. The number of rotatable bonds is 9. The van der Waals surface area contributed by atoms with E-state index in [0.29, 0.717) is 44.1 Å². The number of hydrogen-bond acceptors (Lipinski definition) is 7. The third-order valence-corrected chi connectivity index (χ3v) is 6.12. The van der Waals surface area contributed by atoms with Gasteiger partial charge in [0.2, 0.25) is 0 Å². The van der Waals surface area contributed by atoms with Gasteiger partial charge in [0.05, 0.1) is 31.4 Å². The molecule has 2 saturated heterocycles. The summed E-state index contributed by atoms with van der Waals surface area (Å²) < 4.78 is 11.2. The number of pyridine rings is 1. The van der Waals surface area contributed by atoms with Crippen LogP contribution in [-0.4, -0.2) is 77.6 Å². The van der Waals surface area contributed by atoms with Crippen LogP contribution < -0.4 is 4.74 Å². The zero-order valence-corrected chi connectivity index (χ0v) is 19.5. The minimum atomic E-state index is -0.692. The van der Waals surface area contributed by atoms with Crippen molar-refractivity contribution < 1.29 is 24.2 Å². The highest BCUT2D eigenvalue weighted by atomic mass is 16.5. The number of aromatic nitrogens is 1. The minimum absolute atomic E-state index is 0.0928. The molecule has 2 aromatic rings. The van der Waals surface area contributed by atoms with Crippen LogP contribution in [0.25, 0.3) is 5.76 Å². The largest absolute Gasteiger partial charge is 0.507 e. The number of benzene rings is 1. The van der Waals surface area contributed by atoms with Gasteiger partial charge in [0.15, 0.2) is 0 Å². The molecule has 8 nitrogen and oxygen atoms in total. The zero-order valence-electron chi connectivity index (χ0n) is 19.5. The second-order valence-electron chi connectivity index (χ2n) is 8.46. The minimum Gasteiger partial charge on any atom is -0.507 e. The molecule has 180 valence electrons. The zero-order chi connectivity index (χ0) is 23.9. The van der Waals surface area contributed by atoms with Gasteiger partial charge in [-0.15, -0.1) is 0 Å². The van der Waals surface area contributed by atoms with Crippen LogP contribution in [0.5, 0.6) is 5.75 Å². The van der Waals surface area contributed by atoms with Gasteiger partial charge in [-0.1, -0.05) is 19.1 Å². The molecule has 1 unspecified atom stereocenters. The summed E-state index contributed by atoms with van der Waals surface area (Å²) >= 11 is 0. The molecule has 2 aliphatic rings. The van der Waals surface area contributed by atoms with Crippen LogP contribution in [0.1, 0.15) is 36.9 Å². The molecule has 0 bridgehead atoms. The van der Waals surface area contributed by atoms with E-state index in [1.54, 1.807) is 29.4 Å². The van der Waals surface area contributed by atoms with Crippen LogP contribution in [-0.2, 0) is 14.3 Å². The number of ether oxygens (including phenoxy) is 2.